The summed E-state index contributed by atoms with van der Waals surface area (Å²) < 4.78 is 0.876. The van der Waals surface area contributed by atoms with Crippen molar-refractivity contribution in [3.8, 4) is 0 Å². The standard InChI is InChI=1S/C12H11BrClNO/c13-9-4-3-8-10(16)5-6-15(7-1-2-7)12(8)11(9)14/h3-7,10,16H,1-2H2. The van der Waals surface area contributed by atoms with Crippen molar-refractivity contribution >= 4 is 33.2 Å². The van der Waals surface area contributed by atoms with Crippen molar-refractivity contribution in [2.24, 2.45) is 0 Å². The summed E-state index contributed by atoms with van der Waals surface area (Å²) in [5.41, 5.74) is 1.84. The number of benzene rings is 1. The quantitative estimate of drug-likeness (QED) is 0.856. The third kappa shape index (κ3) is 1.58. The van der Waals surface area contributed by atoms with Crippen molar-refractivity contribution < 1.29 is 5.11 Å². The second-order valence-corrected chi connectivity index (χ2v) is 5.46. The van der Waals surface area contributed by atoms with Crippen molar-refractivity contribution in [1.82, 2.24) is 0 Å². The smallest absolute Gasteiger partial charge is 0.101 e. The summed E-state index contributed by atoms with van der Waals surface area (Å²) in [5.74, 6) is 0. The minimum Gasteiger partial charge on any atom is -0.384 e. The van der Waals surface area contributed by atoms with E-state index in [2.05, 4.69) is 20.8 Å². The van der Waals surface area contributed by atoms with E-state index in [0.717, 1.165) is 15.7 Å². The van der Waals surface area contributed by atoms with Crippen LogP contribution in [0.3, 0.4) is 0 Å². The third-order valence-electron chi connectivity index (χ3n) is 3.05. The highest BCUT2D eigenvalue weighted by molar-refractivity contribution is 9.10. The minimum absolute atomic E-state index is 0.546. The Bertz CT molecular complexity index is 470. The van der Waals surface area contributed by atoms with Crippen LogP contribution in [0.15, 0.2) is 28.9 Å². The lowest BCUT2D eigenvalue weighted by Crippen LogP contribution is -2.24. The molecule has 4 heteroatoms. The molecular weight excluding hydrogens is 289 g/mol. The molecule has 1 aliphatic carbocycles. The zero-order valence-corrected chi connectivity index (χ0v) is 10.9. The van der Waals surface area contributed by atoms with Gasteiger partial charge in [0.25, 0.3) is 0 Å². The summed E-state index contributed by atoms with van der Waals surface area (Å²) in [6, 6.07) is 4.36. The van der Waals surface area contributed by atoms with E-state index in [1.54, 1.807) is 0 Å². The molecular formula is C12H11BrClNO. The number of rotatable bonds is 1. The lowest BCUT2D eigenvalue weighted by Gasteiger charge is -2.30. The molecule has 1 fully saturated rings. The van der Waals surface area contributed by atoms with Gasteiger partial charge in [-0.1, -0.05) is 17.7 Å². The number of hydrogen-bond acceptors (Lipinski definition) is 2. The highest BCUT2D eigenvalue weighted by atomic mass is 79.9. The Labute approximate surface area is 108 Å². The molecule has 0 aromatic heterocycles. The van der Waals surface area contributed by atoms with Crippen molar-refractivity contribution in [2.45, 2.75) is 25.0 Å². The fourth-order valence-corrected chi connectivity index (χ4v) is 2.66. The third-order valence-corrected chi connectivity index (χ3v) is 4.32. The summed E-state index contributed by atoms with van der Waals surface area (Å²) in [6.45, 7) is 0. The van der Waals surface area contributed by atoms with Crippen LogP contribution < -0.4 is 4.90 Å². The van der Waals surface area contributed by atoms with Crippen LogP contribution in [0.5, 0.6) is 0 Å². The molecule has 1 aliphatic heterocycles. The zero-order chi connectivity index (χ0) is 11.3. The van der Waals surface area contributed by atoms with Gasteiger partial charge in [-0.25, -0.2) is 0 Å². The molecule has 2 aliphatic rings. The van der Waals surface area contributed by atoms with Gasteiger partial charge in [-0.05, 0) is 40.9 Å². The molecule has 1 aromatic carbocycles. The molecule has 0 amide bonds. The van der Waals surface area contributed by atoms with Crippen molar-refractivity contribution in [2.75, 3.05) is 4.90 Å². The molecule has 1 heterocycles. The first-order valence-electron chi connectivity index (χ1n) is 5.31. The maximum absolute atomic E-state index is 9.91. The van der Waals surface area contributed by atoms with Gasteiger partial charge in [-0.2, -0.15) is 0 Å². The fraction of sp³-hybridized carbons (Fsp3) is 0.333. The van der Waals surface area contributed by atoms with Crippen molar-refractivity contribution in [3.63, 3.8) is 0 Å². The van der Waals surface area contributed by atoms with E-state index in [-0.39, 0.29) is 0 Å². The average Bonchev–Trinajstić information content (AvgIpc) is 3.08. The fourth-order valence-electron chi connectivity index (χ4n) is 2.07. The number of nitrogens with zero attached hydrogens (tertiary/aromatic N) is 1. The van der Waals surface area contributed by atoms with E-state index in [0.29, 0.717) is 11.1 Å². The van der Waals surface area contributed by atoms with Gasteiger partial charge >= 0.3 is 0 Å². The Morgan fingerprint density at radius 1 is 1.38 bits per heavy atom. The first-order chi connectivity index (χ1) is 7.68. The first-order valence-corrected chi connectivity index (χ1v) is 6.48. The van der Waals surface area contributed by atoms with Crippen LogP contribution in [0.4, 0.5) is 5.69 Å². The molecule has 2 nitrogen and oxygen atoms in total. The van der Waals surface area contributed by atoms with Crippen LogP contribution in [0, 0.1) is 0 Å². The predicted molar refractivity (Wildman–Crippen MR) is 68.8 cm³/mol. The van der Waals surface area contributed by atoms with E-state index >= 15 is 0 Å². The van der Waals surface area contributed by atoms with Crippen molar-refractivity contribution in [3.05, 3.63) is 39.5 Å². The number of fused-ring (bicyclic) bond motifs is 1. The normalized spacial score (nSPS) is 23.4. The first kappa shape index (κ1) is 10.6. The van der Waals surface area contributed by atoms with Gasteiger partial charge in [0.1, 0.15) is 6.10 Å². The molecule has 3 rings (SSSR count). The highest BCUT2D eigenvalue weighted by Gasteiger charge is 2.33. The summed E-state index contributed by atoms with van der Waals surface area (Å²) in [6.07, 6.45) is 5.61. The van der Waals surface area contributed by atoms with Gasteiger partial charge in [0, 0.05) is 22.3 Å². The van der Waals surface area contributed by atoms with E-state index in [1.165, 1.54) is 12.8 Å². The van der Waals surface area contributed by atoms with Crippen molar-refractivity contribution in [1.29, 1.82) is 0 Å². The van der Waals surface area contributed by atoms with Crippen LogP contribution in [-0.4, -0.2) is 11.1 Å². The SMILES string of the molecule is OC1C=CN(C2CC2)c2c1ccc(Br)c2Cl. The van der Waals surface area contributed by atoms with E-state index in [9.17, 15) is 5.11 Å². The number of halogens is 2. The van der Waals surface area contributed by atoms with Crippen LogP contribution in [0.25, 0.3) is 0 Å². The number of aliphatic hydroxyl groups excluding tert-OH is 1. The molecule has 0 spiro atoms. The zero-order valence-electron chi connectivity index (χ0n) is 8.53. The van der Waals surface area contributed by atoms with E-state index < -0.39 is 6.10 Å². The Morgan fingerprint density at radius 2 is 2.12 bits per heavy atom. The Morgan fingerprint density at radius 3 is 2.81 bits per heavy atom. The largest absolute Gasteiger partial charge is 0.384 e. The Kier molecular flexibility index (Phi) is 2.50. The lowest BCUT2D eigenvalue weighted by atomic mass is 10.0. The summed E-state index contributed by atoms with van der Waals surface area (Å²) >= 11 is 9.74. The Hall–Kier alpha value is -0.510. The Balaban J connectivity index is 2.17. The topological polar surface area (TPSA) is 23.5 Å². The lowest BCUT2D eigenvalue weighted by molar-refractivity contribution is 0.227. The summed E-state index contributed by atoms with van der Waals surface area (Å²) in [7, 11) is 0. The molecule has 0 bridgehead atoms. The van der Waals surface area contributed by atoms with Crippen LogP contribution in [0.2, 0.25) is 5.02 Å². The summed E-state index contributed by atoms with van der Waals surface area (Å²) in [5, 5.41) is 10.6. The monoisotopic (exact) mass is 299 g/mol. The summed E-state index contributed by atoms with van der Waals surface area (Å²) in [4.78, 5) is 2.18. The second kappa shape index (κ2) is 3.76. The van der Waals surface area contributed by atoms with Crippen LogP contribution in [-0.2, 0) is 0 Å². The van der Waals surface area contributed by atoms with Gasteiger partial charge in [0.15, 0.2) is 0 Å². The molecule has 1 atom stereocenters. The molecule has 16 heavy (non-hydrogen) atoms. The second-order valence-electron chi connectivity index (χ2n) is 4.22. The molecule has 1 N–H and O–H groups in total. The van der Waals surface area contributed by atoms with Gasteiger partial charge < -0.3 is 10.0 Å². The predicted octanol–water partition coefficient (Wildman–Crippen LogP) is 3.63. The molecule has 84 valence electrons. The molecule has 1 unspecified atom stereocenters. The number of hydrogen-bond donors (Lipinski definition) is 1. The van der Waals surface area contributed by atoms with Gasteiger partial charge in [-0.3, -0.25) is 0 Å². The number of aliphatic hydroxyl groups is 1. The van der Waals surface area contributed by atoms with Gasteiger partial charge in [-0.15, -0.1) is 0 Å². The molecule has 0 radical (unpaired) electrons. The van der Waals surface area contributed by atoms with Crippen LogP contribution in [0.1, 0.15) is 24.5 Å². The average molecular weight is 301 g/mol. The minimum atomic E-state index is -0.546. The molecule has 0 saturated heterocycles. The van der Waals surface area contributed by atoms with E-state index in [4.69, 9.17) is 11.6 Å². The maximum Gasteiger partial charge on any atom is 0.101 e. The van der Waals surface area contributed by atoms with Gasteiger partial charge in [0.2, 0.25) is 0 Å². The van der Waals surface area contributed by atoms with E-state index in [1.807, 2.05) is 24.4 Å². The van der Waals surface area contributed by atoms with Crippen LogP contribution >= 0.6 is 27.5 Å². The van der Waals surface area contributed by atoms with Gasteiger partial charge in [0.05, 0.1) is 10.7 Å². The highest BCUT2D eigenvalue weighted by Crippen LogP contribution is 2.45. The molecule has 1 saturated carbocycles. The molecule has 1 aromatic rings. The number of anilines is 1. The maximum atomic E-state index is 9.91.